The van der Waals surface area contributed by atoms with Crippen LogP contribution >= 0.6 is 0 Å². The molecule has 1 fully saturated rings. The van der Waals surface area contributed by atoms with Crippen LogP contribution in [0.25, 0.3) is 0 Å². The lowest BCUT2D eigenvalue weighted by Crippen LogP contribution is -2.50. The Kier molecular flexibility index (Phi) is 4.20. The van der Waals surface area contributed by atoms with Gasteiger partial charge in [0, 0.05) is 13.5 Å². The molecular formula is C17H26N2O2. The molecule has 4 heteroatoms. The highest BCUT2D eigenvalue weighted by Gasteiger charge is 2.42. The van der Waals surface area contributed by atoms with Gasteiger partial charge < -0.3 is 9.47 Å². The smallest absolute Gasteiger partial charge is 0.122 e. The van der Waals surface area contributed by atoms with E-state index in [0.717, 1.165) is 37.5 Å². The molecule has 1 saturated carbocycles. The average Bonchev–Trinajstić information content (AvgIpc) is 2.98. The summed E-state index contributed by atoms with van der Waals surface area (Å²) in [7, 11) is 1.82. The Bertz CT molecular complexity index is 496. The first-order chi connectivity index (χ1) is 10.2. The van der Waals surface area contributed by atoms with Gasteiger partial charge in [0.15, 0.2) is 0 Å². The first-order valence-corrected chi connectivity index (χ1v) is 7.95. The minimum Gasteiger partial charge on any atom is -0.493 e. The van der Waals surface area contributed by atoms with E-state index in [9.17, 15) is 0 Å². The minimum absolute atomic E-state index is 0.0286. The minimum atomic E-state index is -0.199. The van der Waals surface area contributed by atoms with Crippen LogP contribution in [-0.4, -0.2) is 19.3 Å². The topological polar surface area (TPSA) is 56.5 Å². The van der Waals surface area contributed by atoms with Gasteiger partial charge in [-0.25, -0.2) is 0 Å². The number of ether oxygens (including phenoxy) is 2. The molecule has 0 spiro atoms. The van der Waals surface area contributed by atoms with Crippen LogP contribution in [0.15, 0.2) is 18.2 Å². The lowest BCUT2D eigenvalue weighted by molar-refractivity contribution is -0.0761. The van der Waals surface area contributed by atoms with Crippen LogP contribution < -0.4 is 16.0 Å². The van der Waals surface area contributed by atoms with Crippen LogP contribution in [0.2, 0.25) is 0 Å². The van der Waals surface area contributed by atoms with Crippen LogP contribution in [0.1, 0.15) is 49.8 Å². The van der Waals surface area contributed by atoms with Gasteiger partial charge in [0.05, 0.1) is 18.2 Å². The Morgan fingerprint density at radius 2 is 2.14 bits per heavy atom. The summed E-state index contributed by atoms with van der Waals surface area (Å²) in [5.74, 6) is 7.71. The highest BCUT2D eigenvalue weighted by molar-refractivity contribution is 5.41. The van der Waals surface area contributed by atoms with E-state index in [1.807, 2.05) is 7.11 Å². The molecule has 3 rings (SSSR count). The molecule has 4 nitrogen and oxygen atoms in total. The number of benzene rings is 1. The molecule has 116 valence electrons. The molecule has 1 unspecified atom stereocenters. The van der Waals surface area contributed by atoms with Crippen LogP contribution in [0, 0.1) is 5.92 Å². The molecule has 2 aliphatic rings. The maximum atomic E-state index is 5.98. The molecule has 1 aromatic carbocycles. The van der Waals surface area contributed by atoms with Crippen molar-refractivity contribution in [2.45, 2.75) is 50.7 Å². The fourth-order valence-corrected chi connectivity index (χ4v) is 3.80. The molecule has 21 heavy (non-hydrogen) atoms. The number of hydrazine groups is 1. The monoisotopic (exact) mass is 290 g/mol. The second-order valence-corrected chi connectivity index (χ2v) is 6.52. The number of hydrogen-bond acceptors (Lipinski definition) is 4. The number of nitrogens with two attached hydrogens (primary N) is 1. The summed E-state index contributed by atoms with van der Waals surface area (Å²) >= 11 is 0. The van der Waals surface area contributed by atoms with E-state index in [0.29, 0.717) is 0 Å². The van der Waals surface area contributed by atoms with E-state index in [1.165, 1.54) is 24.0 Å². The molecule has 0 saturated heterocycles. The van der Waals surface area contributed by atoms with E-state index >= 15 is 0 Å². The normalized spacial score (nSPS) is 29.8. The van der Waals surface area contributed by atoms with Crippen molar-refractivity contribution in [1.29, 1.82) is 0 Å². The molecule has 3 N–H and O–H groups in total. The van der Waals surface area contributed by atoms with Crippen molar-refractivity contribution in [1.82, 2.24) is 5.43 Å². The third-order valence-electron chi connectivity index (χ3n) is 5.27. The van der Waals surface area contributed by atoms with Crippen LogP contribution in [0.5, 0.6) is 5.75 Å². The van der Waals surface area contributed by atoms with Gasteiger partial charge in [-0.3, -0.25) is 11.3 Å². The lowest BCUT2D eigenvalue weighted by Gasteiger charge is -2.44. The Hall–Kier alpha value is -1.10. The standard InChI is InChI=1S/C17H26N2O2/c1-12-5-8-17(20-2,9-6-12)16(19-18)14-3-4-15-13(11-14)7-10-21-15/h3-4,11-12,16,19H,5-10,18H2,1-2H3. The summed E-state index contributed by atoms with van der Waals surface area (Å²) in [4.78, 5) is 0. The maximum Gasteiger partial charge on any atom is 0.122 e. The van der Waals surface area contributed by atoms with Gasteiger partial charge in [-0.2, -0.15) is 0 Å². The number of fused-ring (bicyclic) bond motifs is 1. The molecule has 1 heterocycles. The highest BCUT2D eigenvalue weighted by atomic mass is 16.5. The fourth-order valence-electron chi connectivity index (χ4n) is 3.80. The Labute approximate surface area is 127 Å². The first-order valence-electron chi connectivity index (χ1n) is 7.95. The SMILES string of the molecule is COC1(C(NN)c2ccc3c(c2)CCO3)CCC(C)CC1. The predicted molar refractivity (Wildman–Crippen MR) is 83.1 cm³/mol. The van der Waals surface area contributed by atoms with Gasteiger partial charge in [0.1, 0.15) is 5.75 Å². The van der Waals surface area contributed by atoms with Crippen molar-refractivity contribution in [2.24, 2.45) is 11.8 Å². The molecule has 0 radical (unpaired) electrons. The molecule has 0 amide bonds. The molecule has 0 aromatic heterocycles. The van der Waals surface area contributed by atoms with E-state index in [1.54, 1.807) is 0 Å². The first kappa shape index (κ1) is 14.8. The summed E-state index contributed by atoms with van der Waals surface area (Å²) in [5.41, 5.74) is 5.31. The van der Waals surface area contributed by atoms with E-state index < -0.39 is 0 Å². The van der Waals surface area contributed by atoms with Crippen LogP contribution in [0.3, 0.4) is 0 Å². The quantitative estimate of drug-likeness (QED) is 0.661. The van der Waals surface area contributed by atoms with Crippen molar-refractivity contribution in [2.75, 3.05) is 13.7 Å². The predicted octanol–water partition coefficient (Wildman–Crippen LogP) is 2.72. The van der Waals surface area contributed by atoms with Crippen molar-refractivity contribution in [3.05, 3.63) is 29.3 Å². The summed E-state index contributed by atoms with van der Waals surface area (Å²) in [6.45, 7) is 3.10. The van der Waals surface area contributed by atoms with Gasteiger partial charge in [-0.1, -0.05) is 19.1 Å². The Morgan fingerprint density at radius 1 is 1.38 bits per heavy atom. The number of rotatable bonds is 4. The largest absolute Gasteiger partial charge is 0.493 e. The van der Waals surface area contributed by atoms with Crippen molar-refractivity contribution < 1.29 is 9.47 Å². The van der Waals surface area contributed by atoms with Crippen molar-refractivity contribution >= 4 is 0 Å². The van der Waals surface area contributed by atoms with Crippen molar-refractivity contribution in [3.63, 3.8) is 0 Å². The molecule has 1 aromatic rings. The van der Waals surface area contributed by atoms with Gasteiger partial charge in [0.2, 0.25) is 0 Å². The van der Waals surface area contributed by atoms with Crippen molar-refractivity contribution in [3.8, 4) is 5.75 Å². The lowest BCUT2D eigenvalue weighted by atomic mass is 9.73. The molecular weight excluding hydrogens is 264 g/mol. The molecule has 1 aliphatic heterocycles. The third-order valence-corrected chi connectivity index (χ3v) is 5.27. The van der Waals surface area contributed by atoms with Crippen LogP contribution in [-0.2, 0) is 11.2 Å². The van der Waals surface area contributed by atoms with Gasteiger partial charge in [0.25, 0.3) is 0 Å². The van der Waals surface area contributed by atoms with E-state index in [2.05, 4.69) is 30.5 Å². The van der Waals surface area contributed by atoms with E-state index in [-0.39, 0.29) is 11.6 Å². The molecule has 1 atom stereocenters. The van der Waals surface area contributed by atoms with Gasteiger partial charge in [-0.15, -0.1) is 0 Å². The number of nitrogens with one attached hydrogen (secondary N) is 1. The fraction of sp³-hybridized carbons (Fsp3) is 0.647. The molecule has 1 aliphatic carbocycles. The Morgan fingerprint density at radius 3 is 2.81 bits per heavy atom. The van der Waals surface area contributed by atoms with Gasteiger partial charge >= 0.3 is 0 Å². The zero-order valence-electron chi connectivity index (χ0n) is 13.0. The summed E-state index contributed by atoms with van der Waals surface area (Å²) in [6, 6.07) is 6.44. The zero-order valence-corrected chi connectivity index (χ0v) is 13.0. The van der Waals surface area contributed by atoms with Crippen LogP contribution in [0.4, 0.5) is 0 Å². The molecule has 0 bridgehead atoms. The Balaban J connectivity index is 1.89. The summed E-state index contributed by atoms with van der Waals surface area (Å²) in [6.07, 6.45) is 5.47. The second kappa shape index (κ2) is 5.95. The number of methoxy groups -OCH3 is 1. The zero-order chi connectivity index (χ0) is 14.9. The third kappa shape index (κ3) is 2.68. The van der Waals surface area contributed by atoms with Gasteiger partial charge in [-0.05, 0) is 48.8 Å². The maximum absolute atomic E-state index is 5.98. The number of hydrogen-bond donors (Lipinski definition) is 2. The average molecular weight is 290 g/mol. The highest BCUT2D eigenvalue weighted by Crippen LogP contribution is 2.43. The summed E-state index contributed by atoms with van der Waals surface area (Å²) < 4.78 is 11.6. The summed E-state index contributed by atoms with van der Waals surface area (Å²) in [5, 5.41) is 0. The second-order valence-electron chi connectivity index (χ2n) is 6.52. The van der Waals surface area contributed by atoms with E-state index in [4.69, 9.17) is 15.3 Å².